The van der Waals surface area contributed by atoms with Crippen LogP contribution in [0.25, 0.3) is 0 Å². The summed E-state index contributed by atoms with van der Waals surface area (Å²) < 4.78 is 11.2. The lowest BCUT2D eigenvalue weighted by molar-refractivity contribution is 0.0384. The molecule has 5 nitrogen and oxygen atoms in total. The van der Waals surface area contributed by atoms with E-state index in [-0.39, 0.29) is 0 Å². The van der Waals surface area contributed by atoms with Gasteiger partial charge in [-0.3, -0.25) is 4.90 Å². The quantitative estimate of drug-likeness (QED) is 0.743. The summed E-state index contributed by atoms with van der Waals surface area (Å²) >= 11 is 1.66. The largest absolute Gasteiger partial charge is 0.486 e. The first-order valence-corrected chi connectivity index (χ1v) is 9.32. The molecule has 3 rings (SSSR count). The van der Waals surface area contributed by atoms with Gasteiger partial charge in [-0.2, -0.15) is 0 Å². The highest BCUT2D eigenvalue weighted by molar-refractivity contribution is 7.09. The number of hydrogen-bond donors (Lipinski definition) is 1. The molecule has 0 unspecified atom stereocenters. The van der Waals surface area contributed by atoms with Gasteiger partial charge >= 0.3 is 0 Å². The Morgan fingerprint density at radius 3 is 2.96 bits per heavy atom. The third kappa shape index (κ3) is 5.27. The molecule has 1 aromatic heterocycles. The van der Waals surface area contributed by atoms with Crippen molar-refractivity contribution in [3.8, 4) is 5.75 Å². The van der Waals surface area contributed by atoms with Crippen molar-refractivity contribution < 1.29 is 9.47 Å². The zero-order valence-electron chi connectivity index (χ0n) is 14.2. The van der Waals surface area contributed by atoms with Crippen LogP contribution in [-0.2, 0) is 17.9 Å². The van der Waals surface area contributed by atoms with E-state index >= 15 is 0 Å². The summed E-state index contributed by atoms with van der Waals surface area (Å²) in [5.74, 6) is 0.929. The van der Waals surface area contributed by atoms with Gasteiger partial charge < -0.3 is 14.8 Å². The second-order valence-corrected chi connectivity index (χ2v) is 6.86. The van der Waals surface area contributed by atoms with Gasteiger partial charge in [0.15, 0.2) is 0 Å². The summed E-state index contributed by atoms with van der Waals surface area (Å²) in [7, 11) is 0. The molecule has 2 aromatic rings. The van der Waals surface area contributed by atoms with Crippen LogP contribution in [-0.4, -0.2) is 49.3 Å². The van der Waals surface area contributed by atoms with Crippen LogP contribution < -0.4 is 10.1 Å². The van der Waals surface area contributed by atoms with E-state index in [2.05, 4.69) is 33.6 Å². The number of nitrogens with one attached hydrogen (secondary N) is 1. The number of nitrogens with zero attached hydrogens (tertiary/aromatic N) is 2. The van der Waals surface area contributed by atoms with E-state index in [4.69, 9.17) is 9.47 Å². The third-order valence-electron chi connectivity index (χ3n) is 4.06. The molecule has 1 aromatic carbocycles. The van der Waals surface area contributed by atoms with E-state index in [1.807, 2.05) is 18.2 Å². The summed E-state index contributed by atoms with van der Waals surface area (Å²) in [6.45, 7) is 9.24. The maximum atomic E-state index is 5.85. The fourth-order valence-electron chi connectivity index (χ4n) is 2.63. The van der Waals surface area contributed by atoms with Crippen molar-refractivity contribution in [3.63, 3.8) is 0 Å². The Bertz CT molecular complexity index is 626. The van der Waals surface area contributed by atoms with Crippen LogP contribution in [0.5, 0.6) is 5.75 Å². The van der Waals surface area contributed by atoms with Gasteiger partial charge in [-0.05, 0) is 18.6 Å². The van der Waals surface area contributed by atoms with Crippen molar-refractivity contribution in [3.05, 3.63) is 45.9 Å². The average Bonchev–Trinajstić information content (AvgIpc) is 3.07. The summed E-state index contributed by atoms with van der Waals surface area (Å²) in [5, 5.41) is 6.59. The van der Waals surface area contributed by atoms with Crippen LogP contribution in [0.4, 0.5) is 0 Å². The predicted octanol–water partition coefficient (Wildman–Crippen LogP) is 2.45. The fourth-order valence-corrected chi connectivity index (χ4v) is 3.34. The topological polar surface area (TPSA) is 46.6 Å². The number of morpholine rings is 1. The molecule has 0 spiro atoms. The standard InChI is InChI=1S/C18H25N3O2S/c1-15-4-2-3-5-17(15)23-13-18-20-16(14-24-18)12-19-6-7-21-8-10-22-11-9-21/h2-5,14,19H,6-13H2,1H3. The molecule has 0 atom stereocenters. The number of aromatic nitrogens is 1. The van der Waals surface area contributed by atoms with Crippen LogP contribution >= 0.6 is 11.3 Å². The van der Waals surface area contributed by atoms with Crippen molar-refractivity contribution >= 4 is 11.3 Å². The molecule has 24 heavy (non-hydrogen) atoms. The SMILES string of the molecule is Cc1ccccc1OCc1nc(CNCCN2CCOCC2)cs1. The molecular formula is C18H25N3O2S. The van der Waals surface area contributed by atoms with Crippen molar-refractivity contribution in [1.82, 2.24) is 15.2 Å². The lowest BCUT2D eigenvalue weighted by Gasteiger charge is -2.26. The van der Waals surface area contributed by atoms with Gasteiger partial charge in [0.05, 0.1) is 18.9 Å². The normalized spacial score (nSPS) is 15.5. The molecule has 0 aliphatic carbocycles. The number of hydrogen-bond acceptors (Lipinski definition) is 6. The van der Waals surface area contributed by atoms with Crippen molar-refractivity contribution in [2.24, 2.45) is 0 Å². The molecule has 1 N–H and O–H groups in total. The zero-order chi connectivity index (χ0) is 16.6. The Morgan fingerprint density at radius 2 is 2.12 bits per heavy atom. The summed E-state index contributed by atoms with van der Waals surface area (Å²) in [5.41, 5.74) is 2.24. The maximum absolute atomic E-state index is 5.85. The van der Waals surface area contributed by atoms with Gasteiger partial charge in [0.2, 0.25) is 0 Å². The minimum atomic E-state index is 0.531. The number of para-hydroxylation sites is 1. The molecule has 0 amide bonds. The molecule has 2 heterocycles. The monoisotopic (exact) mass is 347 g/mol. The second kappa shape index (κ2) is 9.13. The summed E-state index contributed by atoms with van der Waals surface area (Å²) in [4.78, 5) is 7.07. The molecule has 1 aliphatic rings. The third-order valence-corrected chi connectivity index (χ3v) is 4.93. The number of ether oxygens (including phenoxy) is 2. The van der Waals surface area contributed by atoms with E-state index in [9.17, 15) is 0 Å². The summed E-state index contributed by atoms with van der Waals surface area (Å²) in [6, 6.07) is 8.07. The Balaban J connectivity index is 1.36. The number of rotatable bonds is 8. The Kier molecular flexibility index (Phi) is 6.60. The van der Waals surface area contributed by atoms with Gasteiger partial charge in [-0.25, -0.2) is 4.98 Å². The van der Waals surface area contributed by atoms with E-state index in [1.54, 1.807) is 11.3 Å². The van der Waals surface area contributed by atoms with Crippen molar-refractivity contribution in [1.29, 1.82) is 0 Å². The highest BCUT2D eigenvalue weighted by Gasteiger charge is 2.09. The van der Waals surface area contributed by atoms with E-state index in [0.717, 1.165) is 68.0 Å². The van der Waals surface area contributed by atoms with Gasteiger partial charge in [0.1, 0.15) is 17.4 Å². The number of aryl methyl sites for hydroxylation is 1. The molecule has 1 saturated heterocycles. The van der Waals surface area contributed by atoms with Crippen molar-refractivity contribution in [2.45, 2.75) is 20.1 Å². The lowest BCUT2D eigenvalue weighted by Crippen LogP contribution is -2.40. The van der Waals surface area contributed by atoms with E-state index in [1.165, 1.54) is 0 Å². The highest BCUT2D eigenvalue weighted by Crippen LogP contribution is 2.19. The first-order valence-electron chi connectivity index (χ1n) is 8.44. The molecule has 130 valence electrons. The van der Waals surface area contributed by atoms with Crippen LogP contribution in [0.1, 0.15) is 16.3 Å². The lowest BCUT2D eigenvalue weighted by atomic mass is 10.2. The number of thiazole rings is 1. The average molecular weight is 347 g/mol. The predicted molar refractivity (Wildman–Crippen MR) is 96.6 cm³/mol. The fraction of sp³-hybridized carbons (Fsp3) is 0.500. The van der Waals surface area contributed by atoms with Gasteiger partial charge in [-0.1, -0.05) is 18.2 Å². The molecule has 1 aliphatic heterocycles. The molecule has 6 heteroatoms. The smallest absolute Gasteiger partial charge is 0.140 e. The Labute approximate surface area is 147 Å². The van der Waals surface area contributed by atoms with Crippen LogP contribution in [0, 0.1) is 6.92 Å². The zero-order valence-corrected chi connectivity index (χ0v) is 15.0. The maximum Gasteiger partial charge on any atom is 0.140 e. The van der Waals surface area contributed by atoms with Crippen LogP contribution in [0.15, 0.2) is 29.6 Å². The minimum absolute atomic E-state index is 0.531. The Hall–Kier alpha value is -1.47. The first kappa shape index (κ1) is 17.4. The van der Waals surface area contributed by atoms with Gasteiger partial charge in [-0.15, -0.1) is 11.3 Å². The first-order chi connectivity index (χ1) is 11.8. The molecule has 0 saturated carbocycles. The minimum Gasteiger partial charge on any atom is -0.486 e. The van der Waals surface area contributed by atoms with E-state index in [0.29, 0.717) is 6.61 Å². The molecule has 1 fully saturated rings. The highest BCUT2D eigenvalue weighted by atomic mass is 32.1. The summed E-state index contributed by atoms with van der Waals surface area (Å²) in [6.07, 6.45) is 0. The molecule has 0 radical (unpaired) electrons. The second-order valence-electron chi connectivity index (χ2n) is 5.92. The van der Waals surface area contributed by atoms with Gasteiger partial charge in [0.25, 0.3) is 0 Å². The van der Waals surface area contributed by atoms with Gasteiger partial charge in [0, 0.05) is 38.1 Å². The van der Waals surface area contributed by atoms with Crippen LogP contribution in [0.2, 0.25) is 0 Å². The number of benzene rings is 1. The van der Waals surface area contributed by atoms with E-state index < -0.39 is 0 Å². The molecular weight excluding hydrogens is 322 g/mol. The van der Waals surface area contributed by atoms with Crippen molar-refractivity contribution in [2.75, 3.05) is 39.4 Å². The molecule has 0 bridgehead atoms. The van der Waals surface area contributed by atoms with Crippen LogP contribution in [0.3, 0.4) is 0 Å². The Morgan fingerprint density at radius 1 is 1.29 bits per heavy atom.